The molecule has 5 heteroatoms. The zero-order valence-corrected chi connectivity index (χ0v) is 16.7. The van der Waals surface area contributed by atoms with E-state index in [-0.39, 0.29) is 12.6 Å². The molecule has 0 radical (unpaired) electrons. The third-order valence-corrected chi connectivity index (χ3v) is 4.77. The van der Waals surface area contributed by atoms with Crippen LogP contribution in [0.15, 0.2) is 35.3 Å². The van der Waals surface area contributed by atoms with Gasteiger partial charge in [-0.15, -0.1) is 0 Å². The summed E-state index contributed by atoms with van der Waals surface area (Å²) in [6, 6.07) is 9.17. The molecule has 0 saturated carbocycles. The van der Waals surface area contributed by atoms with Gasteiger partial charge in [-0.2, -0.15) is 0 Å². The van der Waals surface area contributed by atoms with Crippen LogP contribution in [0.25, 0.3) is 0 Å². The van der Waals surface area contributed by atoms with Crippen molar-refractivity contribution in [2.75, 3.05) is 13.6 Å². The second-order valence-electron chi connectivity index (χ2n) is 6.35. The van der Waals surface area contributed by atoms with Crippen LogP contribution in [0.2, 0.25) is 5.02 Å². The van der Waals surface area contributed by atoms with E-state index in [2.05, 4.69) is 11.9 Å². The number of carbonyl (C=O) groups is 1. The van der Waals surface area contributed by atoms with Crippen LogP contribution in [0.4, 0.5) is 5.69 Å². The molecule has 0 fully saturated rings. The quantitative estimate of drug-likeness (QED) is 0.396. The first-order valence-electron chi connectivity index (χ1n) is 8.60. The summed E-state index contributed by atoms with van der Waals surface area (Å²) in [7, 11) is 1.97. The van der Waals surface area contributed by atoms with E-state index in [9.17, 15) is 4.79 Å². The highest BCUT2D eigenvalue weighted by atomic mass is 35.5. The molecule has 138 valence electrons. The van der Waals surface area contributed by atoms with Crippen LogP contribution in [0.3, 0.4) is 0 Å². The summed E-state index contributed by atoms with van der Waals surface area (Å²) in [4.78, 5) is 19.0. The van der Waals surface area contributed by atoms with Crippen LogP contribution < -0.4 is 0 Å². The van der Waals surface area contributed by atoms with E-state index in [1.54, 1.807) is 18.5 Å². The molecule has 0 saturated heterocycles. The van der Waals surface area contributed by atoms with Gasteiger partial charge in [-0.1, -0.05) is 17.7 Å². The van der Waals surface area contributed by atoms with Gasteiger partial charge in [-0.05, 0) is 74.2 Å². The fourth-order valence-electron chi connectivity index (χ4n) is 2.45. The Hall–Kier alpha value is -2.33. The first-order valence-corrected chi connectivity index (χ1v) is 8.98. The number of halogens is 1. The van der Waals surface area contributed by atoms with Crippen molar-refractivity contribution in [1.29, 1.82) is 0 Å². The Morgan fingerprint density at radius 1 is 1.19 bits per heavy atom. The van der Waals surface area contributed by atoms with E-state index in [1.807, 2.05) is 50.9 Å². The second kappa shape index (κ2) is 8.86. The molecule has 0 atom stereocenters. The lowest BCUT2D eigenvalue weighted by Gasteiger charge is -2.13. The van der Waals surface area contributed by atoms with Crippen molar-refractivity contribution in [3.63, 3.8) is 0 Å². The topological polar surface area (TPSA) is 41.9 Å². The maximum atomic E-state index is 12.5. The van der Waals surface area contributed by atoms with E-state index in [4.69, 9.17) is 16.3 Å². The lowest BCUT2D eigenvalue weighted by Crippen LogP contribution is -2.14. The normalized spacial score (nSPS) is 11.0. The van der Waals surface area contributed by atoms with Gasteiger partial charge in [-0.3, -0.25) is 0 Å². The Balaban J connectivity index is 2.14. The molecule has 0 N–H and O–H groups in total. The number of nitrogens with zero attached hydrogens (tertiary/aromatic N) is 2. The van der Waals surface area contributed by atoms with Crippen molar-refractivity contribution in [2.24, 2.45) is 4.99 Å². The number of hydrogen-bond acceptors (Lipinski definition) is 3. The predicted molar refractivity (Wildman–Crippen MR) is 108 cm³/mol. The zero-order chi connectivity index (χ0) is 19.3. The number of hydrogen-bond donors (Lipinski definition) is 0. The van der Waals surface area contributed by atoms with Gasteiger partial charge in [0.1, 0.15) is 6.61 Å². The Morgan fingerprint density at radius 2 is 1.92 bits per heavy atom. The lowest BCUT2D eigenvalue weighted by molar-refractivity contribution is 0.0471. The van der Waals surface area contributed by atoms with Crippen LogP contribution in [0, 0.1) is 20.8 Å². The molecule has 0 aliphatic rings. The SMILES string of the molecule is CCN(C)/C=N/c1ccc(C(=O)OCc2ccc(Cl)cc2C)c(C)c1C. The number of aliphatic imine (C=N–C) groups is 1. The highest BCUT2D eigenvalue weighted by molar-refractivity contribution is 6.30. The average Bonchev–Trinajstić information content (AvgIpc) is 2.61. The molecule has 0 heterocycles. The maximum absolute atomic E-state index is 12.5. The van der Waals surface area contributed by atoms with Crippen LogP contribution >= 0.6 is 11.6 Å². The molecule has 26 heavy (non-hydrogen) atoms. The fraction of sp³-hybridized carbons (Fsp3) is 0.333. The van der Waals surface area contributed by atoms with Crippen molar-refractivity contribution in [1.82, 2.24) is 4.90 Å². The van der Waals surface area contributed by atoms with Crippen molar-refractivity contribution in [2.45, 2.75) is 34.3 Å². The standard InChI is InChI=1S/C21H25ClN2O2/c1-6-24(5)13-23-20-10-9-19(15(3)16(20)4)21(25)26-12-17-7-8-18(22)11-14(17)2/h7-11,13H,6,12H2,1-5H3/b23-13+. The summed E-state index contributed by atoms with van der Waals surface area (Å²) in [5.74, 6) is -0.332. The third-order valence-electron chi connectivity index (χ3n) is 4.53. The van der Waals surface area contributed by atoms with Gasteiger partial charge in [0, 0.05) is 18.6 Å². The number of esters is 1. The van der Waals surface area contributed by atoms with Crippen LogP contribution in [-0.2, 0) is 11.3 Å². The third kappa shape index (κ3) is 4.85. The van der Waals surface area contributed by atoms with Crippen LogP contribution in [0.5, 0.6) is 0 Å². The molecule has 2 aromatic carbocycles. The largest absolute Gasteiger partial charge is 0.457 e. The van der Waals surface area contributed by atoms with Crippen LogP contribution in [0.1, 0.15) is 39.5 Å². The van der Waals surface area contributed by atoms with Gasteiger partial charge in [0.25, 0.3) is 0 Å². The summed E-state index contributed by atoms with van der Waals surface area (Å²) < 4.78 is 5.50. The Bertz CT molecular complexity index is 831. The molecule has 0 aliphatic carbocycles. The van der Waals surface area contributed by atoms with Gasteiger partial charge >= 0.3 is 5.97 Å². The predicted octanol–water partition coefficient (Wildman–Crippen LogP) is 5.23. The van der Waals surface area contributed by atoms with Crippen molar-refractivity contribution >= 4 is 29.6 Å². The molecule has 0 aliphatic heterocycles. The number of ether oxygens (including phenoxy) is 1. The van der Waals surface area contributed by atoms with Gasteiger partial charge in [0.05, 0.1) is 17.6 Å². The smallest absolute Gasteiger partial charge is 0.338 e. The highest BCUT2D eigenvalue weighted by Gasteiger charge is 2.14. The zero-order valence-electron chi connectivity index (χ0n) is 16.0. The molecule has 0 spiro atoms. The molecule has 2 aromatic rings. The number of benzene rings is 2. The summed E-state index contributed by atoms with van der Waals surface area (Å²) in [5, 5.41) is 0.675. The van der Waals surface area contributed by atoms with E-state index in [0.717, 1.165) is 34.5 Å². The first-order chi connectivity index (χ1) is 12.3. The monoisotopic (exact) mass is 372 g/mol. The number of carbonyl (C=O) groups excluding carboxylic acids is 1. The molecule has 2 rings (SSSR count). The Kier molecular flexibility index (Phi) is 6.81. The van der Waals surface area contributed by atoms with Crippen molar-refractivity contribution < 1.29 is 9.53 Å². The molecular formula is C21H25ClN2O2. The Morgan fingerprint density at radius 3 is 2.58 bits per heavy atom. The molecular weight excluding hydrogens is 348 g/mol. The first kappa shape index (κ1) is 20.0. The summed E-state index contributed by atoms with van der Waals surface area (Å²) >= 11 is 5.96. The minimum absolute atomic E-state index is 0.224. The van der Waals surface area contributed by atoms with E-state index in [1.165, 1.54) is 0 Å². The molecule has 0 bridgehead atoms. The fourth-order valence-corrected chi connectivity index (χ4v) is 2.68. The Labute approximate surface area is 160 Å². The maximum Gasteiger partial charge on any atom is 0.338 e. The van der Waals surface area contributed by atoms with Gasteiger partial charge in [-0.25, -0.2) is 9.79 Å². The molecule has 0 aromatic heterocycles. The molecule has 0 amide bonds. The van der Waals surface area contributed by atoms with E-state index >= 15 is 0 Å². The van der Waals surface area contributed by atoms with Gasteiger partial charge in [0.2, 0.25) is 0 Å². The van der Waals surface area contributed by atoms with E-state index in [0.29, 0.717) is 10.6 Å². The molecule has 4 nitrogen and oxygen atoms in total. The van der Waals surface area contributed by atoms with Gasteiger partial charge < -0.3 is 9.64 Å². The lowest BCUT2D eigenvalue weighted by atomic mass is 10.0. The molecule has 0 unspecified atom stereocenters. The minimum Gasteiger partial charge on any atom is -0.457 e. The number of aryl methyl sites for hydroxylation is 1. The van der Waals surface area contributed by atoms with Crippen molar-refractivity contribution in [3.8, 4) is 0 Å². The van der Waals surface area contributed by atoms with Crippen molar-refractivity contribution in [3.05, 3.63) is 63.2 Å². The average molecular weight is 373 g/mol. The summed E-state index contributed by atoms with van der Waals surface area (Å²) in [6.07, 6.45) is 1.79. The minimum atomic E-state index is -0.332. The van der Waals surface area contributed by atoms with Crippen LogP contribution in [-0.4, -0.2) is 30.8 Å². The summed E-state index contributed by atoms with van der Waals surface area (Å²) in [6.45, 7) is 9.00. The second-order valence-corrected chi connectivity index (χ2v) is 6.78. The highest BCUT2D eigenvalue weighted by Crippen LogP contribution is 2.25. The van der Waals surface area contributed by atoms with E-state index < -0.39 is 0 Å². The van der Waals surface area contributed by atoms with Gasteiger partial charge in [0.15, 0.2) is 0 Å². The number of rotatable bonds is 6. The summed E-state index contributed by atoms with van der Waals surface area (Å²) in [5.41, 5.74) is 5.23.